The Labute approximate surface area is 137 Å². The van der Waals surface area contributed by atoms with E-state index in [0.717, 1.165) is 16.6 Å². The number of hydrogen-bond acceptors (Lipinski definition) is 3. The summed E-state index contributed by atoms with van der Waals surface area (Å²) in [7, 11) is 1.98. The molecule has 0 saturated carbocycles. The first-order valence-electron chi connectivity index (χ1n) is 8.66. The third-order valence-electron chi connectivity index (χ3n) is 6.28. The fourth-order valence-corrected chi connectivity index (χ4v) is 4.73. The van der Waals surface area contributed by atoms with Crippen LogP contribution in [-0.2, 0) is 7.05 Å². The van der Waals surface area contributed by atoms with E-state index >= 15 is 0 Å². The smallest absolute Gasteiger partial charge is 0.163 e. The molecule has 23 heavy (non-hydrogen) atoms. The Morgan fingerprint density at radius 2 is 2.04 bits per heavy atom. The molecule has 0 unspecified atom stereocenters. The largest absolute Gasteiger partial charge is 0.334 e. The summed E-state index contributed by atoms with van der Waals surface area (Å²) in [4.78, 5) is 19.8. The molecule has 1 aromatic carbocycles. The molecule has 2 bridgehead atoms. The topological polar surface area (TPSA) is 38.1 Å². The predicted octanol–water partition coefficient (Wildman–Crippen LogP) is 3.27. The van der Waals surface area contributed by atoms with Crippen molar-refractivity contribution in [1.29, 1.82) is 0 Å². The fraction of sp³-hybridized carbons (Fsp3) is 0.579. The van der Waals surface area contributed by atoms with Gasteiger partial charge in [-0.05, 0) is 69.8 Å². The average molecular weight is 311 g/mol. The first-order valence-corrected chi connectivity index (χ1v) is 8.66. The first kappa shape index (κ1) is 14.9. The van der Waals surface area contributed by atoms with Crippen LogP contribution in [0.2, 0.25) is 0 Å². The summed E-state index contributed by atoms with van der Waals surface area (Å²) in [5.41, 5.74) is 2.94. The number of nitrogens with zero attached hydrogens (tertiary/aromatic N) is 3. The summed E-state index contributed by atoms with van der Waals surface area (Å²) in [6.45, 7) is 7.03. The van der Waals surface area contributed by atoms with Crippen molar-refractivity contribution in [3.05, 3.63) is 30.1 Å². The molecule has 2 aromatic rings. The summed E-state index contributed by atoms with van der Waals surface area (Å²) in [5, 5.41) is 0. The van der Waals surface area contributed by atoms with Gasteiger partial charge in [-0.3, -0.25) is 9.69 Å². The molecular weight excluding hydrogens is 286 g/mol. The average Bonchev–Trinajstić information content (AvgIpc) is 2.92. The lowest BCUT2D eigenvalue weighted by Crippen LogP contribution is -2.61. The Kier molecular flexibility index (Phi) is 3.34. The Hall–Kier alpha value is -1.68. The van der Waals surface area contributed by atoms with Crippen LogP contribution in [0.3, 0.4) is 0 Å². The number of carbonyl (C=O) groups excluding carboxylic acids is 1. The van der Waals surface area contributed by atoms with E-state index in [0.29, 0.717) is 18.3 Å². The van der Waals surface area contributed by atoms with Gasteiger partial charge in [0.05, 0.1) is 17.4 Å². The number of piperidine rings is 3. The number of carbonyl (C=O) groups is 1. The van der Waals surface area contributed by atoms with E-state index in [1.807, 2.05) is 29.8 Å². The van der Waals surface area contributed by atoms with Gasteiger partial charge in [0.15, 0.2) is 5.78 Å². The van der Waals surface area contributed by atoms with Crippen LogP contribution < -0.4 is 0 Å². The van der Waals surface area contributed by atoms with Crippen molar-refractivity contribution < 1.29 is 4.79 Å². The number of imidazole rings is 1. The molecule has 3 saturated heterocycles. The van der Waals surface area contributed by atoms with E-state index in [-0.39, 0.29) is 11.3 Å². The third-order valence-corrected chi connectivity index (χ3v) is 6.28. The maximum Gasteiger partial charge on any atom is 0.163 e. The van der Waals surface area contributed by atoms with Gasteiger partial charge in [0.25, 0.3) is 0 Å². The van der Waals surface area contributed by atoms with Gasteiger partial charge in [0.1, 0.15) is 0 Å². The van der Waals surface area contributed by atoms with E-state index < -0.39 is 0 Å². The molecule has 0 spiro atoms. The van der Waals surface area contributed by atoms with Crippen LogP contribution in [-0.4, -0.2) is 38.9 Å². The normalized spacial score (nSPS) is 29.1. The zero-order valence-electron chi connectivity index (χ0n) is 14.2. The van der Waals surface area contributed by atoms with Gasteiger partial charge in [-0.25, -0.2) is 4.98 Å². The molecule has 5 rings (SSSR count). The van der Waals surface area contributed by atoms with Crippen molar-refractivity contribution in [3.63, 3.8) is 0 Å². The van der Waals surface area contributed by atoms with Crippen LogP contribution in [0.4, 0.5) is 0 Å². The summed E-state index contributed by atoms with van der Waals surface area (Å²) in [5.74, 6) is 1.44. The molecule has 0 radical (unpaired) electrons. The van der Waals surface area contributed by atoms with Crippen molar-refractivity contribution in [1.82, 2.24) is 14.5 Å². The molecule has 3 aliphatic rings. The molecule has 4 nitrogen and oxygen atoms in total. The first-order chi connectivity index (χ1) is 11.0. The molecule has 3 aliphatic heterocycles. The minimum absolute atomic E-state index is 0.145. The lowest BCUT2D eigenvalue weighted by atomic mass is 9.65. The van der Waals surface area contributed by atoms with Crippen LogP contribution in [0, 0.1) is 11.8 Å². The Morgan fingerprint density at radius 3 is 2.74 bits per heavy atom. The maximum atomic E-state index is 12.9. The van der Waals surface area contributed by atoms with E-state index in [1.165, 1.54) is 25.9 Å². The van der Waals surface area contributed by atoms with Gasteiger partial charge < -0.3 is 4.57 Å². The summed E-state index contributed by atoms with van der Waals surface area (Å²) < 4.78 is 1.99. The van der Waals surface area contributed by atoms with E-state index in [4.69, 9.17) is 0 Å². The molecular formula is C19H25N3O. The van der Waals surface area contributed by atoms with Gasteiger partial charge in [0, 0.05) is 24.6 Å². The molecule has 3 fully saturated rings. The van der Waals surface area contributed by atoms with E-state index in [2.05, 4.69) is 23.7 Å². The second kappa shape index (κ2) is 5.17. The highest BCUT2D eigenvalue weighted by Gasteiger charge is 2.47. The van der Waals surface area contributed by atoms with E-state index in [1.54, 1.807) is 6.33 Å². The van der Waals surface area contributed by atoms with Crippen molar-refractivity contribution in [2.24, 2.45) is 18.9 Å². The summed E-state index contributed by atoms with van der Waals surface area (Å²) in [6.07, 6.45) is 4.96. The molecule has 0 N–H and O–H groups in total. The van der Waals surface area contributed by atoms with Crippen LogP contribution in [0.15, 0.2) is 24.5 Å². The summed E-state index contributed by atoms with van der Waals surface area (Å²) >= 11 is 0. The predicted molar refractivity (Wildman–Crippen MR) is 91.5 cm³/mol. The van der Waals surface area contributed by atoms with Crippen LogP contribution in [0.25, 0.3) is 11.0 Å². The second-order valence-corrected chi connectivity index (χ2v) is 7.77. The third kappa shape index (κ3) is 2.31. The Bertz CT molecular complexity index is 753. The van der Waals surface area contributed by atoms with Gasteiger partial charge in [-0.1, -0.05) is 0 Å². The van der Waals surface area contributed by atoms with Gasteiger partial charge in [-0.2, -0.15) is 0 Å². The Morgan fingerprint density at radius 1 is 1.30 bits per heavy atom. The number of ketones is 1. The second-order valence-electron chi connectivity index (χ2n) is 7.77. The molecule has 0 aliphatic carbocycles. The highest BCUT2D eigenvalue weighted by atomic mass is 16.1. The molecule has 4 heterocycles. The monoisotopic (exact) mass is 311 g/mol. The van der Waals surface area contributed by atoms with Gasteiger partial charge in [-0.15, -0.1) is 0 Å². The zero-order chi connectivity index (χ0) is 16.2. The molecule has 1 atom stereocenters. The maximum absolute atomic E-state index is 12.9. The fourth-order valence-electron chi connectivity index (χ4n) is 4.73. The SMILES string of the molecule is Cn1cnc2cc(C(=O)C[C@@H]3C4CCN(CC4)C3(C)C)ccc21. The minimum Gasteiger partial charge on any atom is -0.334 e. The number of aryl methyl sites for hydroxylation is 1. The lowest BCUT2D eigenvalue weighted by molar-refractivity contribution is -0.0643. The van der Waals surface area contributed by atoms with Crippen molar-refractivity contribution >= 4 is 16.8 Å². The van der Waals surface area contributed by atoms with Crippen molar-refractivity contribution in [2.45, 2.75) is 38.6 Å². The highest BCUT2D eigenvalue weighted by molar-refractivity contribution is 5.99. The number of rotatable bonds is 3. The molecule has 4 heteroatoms. The molecule has 1 aromatic heterocycles. The van der Waals surface area contributed by atoms with Crippen LogP contribution in [0.5, 0.6) is 0 Å². The number of benzene rings is 1. The van der Waals surface area contributed by atoms with Gasteiger partial charge in [0.2, 0.25) is 0 Å². The number of Topliss-reactive ketones (excluding diaryl/α,β-unsaturated/α-hetero) is 1. The lowest BCUT2D eigenvalue weighted by Gasteiger charge is -2.56. The number of aromatic nitrogens is 2. The van der Waals surface area contributed by atoms with E-state index in [9.17, 15) is 4.79 Å². The van der Waals surface area contributed by atoms with Crippen molar-refractivity contribution in [3.8, 4) is 0 Å². The van der Waals surface area contributed by atoms with Crippen molar-refractivity contribution in [2.75, 3.05) is 13.1 Å². The highest BCUT2D eigenvalue weighted by Crippen LogP contribution is 2.45. The standard InChI is InChI=1S/C19H25N3O/c1-19(2)15(13-6-8-22(19)9-7-13)11-18(23)14-4-5-17-16(10-14)20-12-21(17)3/h4-5,10,12-13,15H,6-9,11H2,1-3H3/t15-/m1/s1. The molecule has 0 amide bonds. The van der Waals surface area contributed by atoms with Crippen LogP contribution >= 0.6 is 0 Å². The molecule has 122 valence electrons. The zero-order valence-corrected chi connectivity index (χ0v) is 14.2. The number of fused-ring (bicyclic) bond motifs is 4. The van der Waals surface area contributed by atoms with Gasteiger partial charge >= 0.3 is 0 Å². The summed E-state index contributed by atoms with van der Waals surface area (Å²) in [6, 6.07) is 5.92. The number of hydrogen-bond donors (Lipinski definition) is 0. The van der Waals surface area contributed by atoms with Crippen LogP contribution in [0.1, 0.15) is 43.5 Å². The quantitative estimate of drug-likeness (QED) is 0.817. The minimum atomic E-state index is 0.145. The Balaban J connectivity index is 1.59.